The molecule has 0 aliphatic carbocycles. The summed E-state index contributed by atoms with van der Waals surface area (Å²) in [6.07, 6.45) is 0.299. The SMILES string of the molecule is COCCC(C)S(=O)(=O)N[C@@H](C(=O)O)c1ccccc1. The molecule has 0 heterocycles. The minimum atomic E-state index is -3.74. The van der Waals surface area contributed by atoms with E-state index in [-0.39, 0.29) is 0 Å². The van der Waals surface area contributed by atoms with Gasteiger partial charge in [-0.05, 0) is 18.9 Å². The van der Waals surface area contributed by atoms with Crippen molar-refractivity contribution in [3.63, 3.8) is 0 Å². The molecular weight excluding hydrogens is 282 g/mol. The summed E-state index contributed by atoms with van der Waals surface area (Å²) in [6, 6.07) is 6.91. The predicted octanol–water partition coefficient (Wildman–Crippen LogP) is 1.16. The van der Waals surface area contributed by atoms with Crippen LogP contribution in [0.15, 0.2) is 30.3 Å². The minimum Gasteiger partial charge on any atom is -0.480 e. The molecule has 2 N–H and O–H groups in total. The summed E-state index contributed by atoms with van der Waals surface area (Å²) in [7, 11) is -2.25. The standard InChI is InChI=1S/C13H19NO5S/c1-10(8-9-19-2)20(17,18)14-12(13(15)16)11-6-4-3-5-7-11/h3-7,10,12,14H,8-9H2,1-2H3,(H,15,16)/t10?,12-/m1/s1. The summed E-state index contributed by atoms with van der Waals surface area (Å²) in [6.45, 7) is 1.82. The first-order chi connectivity index (χ1) is 9.38. The molecule has 2 atom stereocenters. The summed E-state index contributed by atoms with van der Waals surface area (Å²) >= 11 is 0. The van der Waals surface area contributed by atoms with Crippen LogP contribution in [0.2, 0.25) is 0 Å². The van der Waals surface area contributed by atoms with Crippen LogP contribution in [0.4, 0.5) is 0 Å². The lowest BCUT2D eigenvalue weighted by molar-refractivity contribution is -0.139. The molecule has 0 spiro atoms. The van der Waals surface area contributed by atoms with E-state index in [1.54, 1.807) is 30.3 Å². The summed E-state index contributed by atoms with van der Waals surface area (Å²) in [5, 5.41) is 8.47. The Bertz CT molecular complexity index is 529. The lowest BCUT2D eigenvalue weighted by Gasteiger charge is -2.18. The third-order valence-corrected chi connectivity index (χ3v) is 4.78. The van der Waals surface area contributed by atoms with Gasteiger partial charge in [-0.3, -0.25) is 4.79 Å². The molecule has 7 heteroatoms. The van der Waals surface area contributed by atoms with Crippen molar-refractivity contribution in [2.24, 2.45) is 0 Å². The van der Waals surface area contributed by atoms with Gasteiger partial charge < -0.3 is 9.84 Å². The van der Waals surface area contributed by atoms with Gasteiger partial charge >= 0.3 is 5.97 Å². The van der Waals surface area contributed by atoms with E-state index < -0.39 is 27.3 Å². The second-order valence-corrected chi connectivity index (χ2v) is 6.57. The van der Waals surface area contributed by atoms with Crippen LogP contribution in [0.25, 0.3) is 0 Å². The van der Waals surface area contributed by atoms with E-state index in [0.29, 0.717) is 18.6 Å². The second-order valence-electron chi connectivity index (χ2n) is 4.44. The van der Waals surface area contributed by atoms with Crippen LogP contribution in [-0.2, 0) is 19.6 Å². The van der Waals surface area contributed by atoms with Crippen molar-refractivity contribution < 1.29 is 23.1 Å². The zero-order chi connectivity index (χ0) is 15.2. The first kappa shape index (κ1) is 16.6. The fourth-order valence-electron chi connectivity index (χ4n) is 1.63. The number of hydrogen-bond acceptors (Lipinski definition) is 4. The van der Waals surface area contributed by atoms with Crippen LogP contribution >= 0.6 is 0 Å². The van der Waals surface area contributed by atoms with Gasteiger partial charge in [0.1, 0.15) is 6.04 Å². The fraction of sp³-hybridized carbons (Fsp3) is 0.462. The van der Waals surface area contributed by atoms with E-state index >= 15 is 0 Å². The van der Waals surface area contributed by atoms with Crippen LogP contribution in [0.3, 0.4) is 0 Å². The molecule has 0 aliphatic rings. The van der Waals surface area contributed by atoms with Gasteiger partial charge in [0.25, 0.3) is 0 Å². The van der Waals surface area contributed by atoms with Crippen LogP contribution in [0.1, 0.15) is 24.9 Å². The summed E-state index contributed by atoms with van der Waals surface area (Å²) < 4.78 is 31.3. The Kier molecular flexibility index (Phi) is 6.12. The Morgan fingerprint density at radius 1 is 1.35 bits per heavy atom. The normalized spacial score (nSPS) is 14.7. The van der Waals surface area contributed by atoms with Crippen LogP contribution < -0.4 is 4.72 Å². The van der Waals surface area contributed by atoms with Crippen molar-refractivity contribution in [2.75, 3.05) is 13.7 Å². The average molecular weight is 301 g/mol. The van der Waals surface area contributed by atoms with Crippen molar-refractivity contribution in [1.82, 2.24) is 4.72 Å². The van der Waals surface area contributed by atoms with Gasteiger partial charge in [0, 0.05) is 13.7 Å². The number of ether oxygens (including phenoxy) is 1. The third-order valence-electron chi connectivity index (χ3n) is 2.92. The average Bonchev–Trinajstić information content (AvgIpc) is 2.42. The highest BCUT2D eigenvalue weighted by Crippen LogP contribution is 2.16. The number of hydrogen-bond donors (Lipinski definition) is 2. The number of benzene rings is 1. The summed E-state index contributed by atoms with van der Waals surface area (Å²) in [4.78, 5) is 11.3. The molecule has 0 bridgehead atoms. The highest BCUT2D eigenvalue weighted by atomic mass is 32.2. The molecule has 0 saturated carbocycles. The van der Waals surface area contributed by atoms with E-state index in [1.807, 2.05) is 0 Å². The molecule has 1 unspecified atom stereocenters. The molecule has 6 nitrogen and oxygen atoms in total. The van der Waals surface area contributed by atoms with Crippen molar-refractivity contribution in [3.05, 3.63) is 35.9 Å². The van der Waals surface area contributed by atoms with Crippen LogP contribution in [0, 0.1) is 0 Å². The fourth-order valence-corrected chi connectivity index (χ4v) is 2.83. The van der Waals surface area contributed by atoms with Gasteiger partial charge in [-0.25, -0.2) is 8.42 Å². The maximum Gasteiger partial charge on any atom is 0.326 e. The third kappa shape index (κ3) is 4.59. The van der Waals surface area contributed by atoms with Gasteiger partial charge in [0.2, 0.25) is 10.0 Å². The van der Waals surface area contributed by atoms with Gasteiger partial charge in [-0.1, -0.05) is 30.3 Å². The van der Waals surface area contributed by atoms with Gasteiger partial charge in [-0.15, -0.1) is 0 Å². The van der Waals surface area contributed by atoms with Gasteiger partial charge in [-0.2, -0.15) is 4.72 Å². The molecule has 0 aliphatic heterocycles. The lowest BCUT2D eigenvalue weighted by atomic mass is 10.1. The van der Waals surface area contributed by atoms with Crippen molar-refractivity contribution in [2.45, 2.75) is 24.6 Å². The first-order valence-electron chi connectivity index (χ1n) is 6.16. The van der Waals surface area contributed by atoms with Crippen LogP contribution in [-0.4, -0.2) is 38.5 Å². The van der Waals surface area contributed by atoms with E-state index in [0.717, 1.165) is 0 Å². The number of carboxylic acids is 1. The van der Waals surface area contributed by atoms with Gasteiger partial charge in [0.15, 0.2) is 0 Å². The van der Waals surface area contributed by atoms with Crippen molar-refractivity contribution in [1.29, 1.82) is 0 Å². The number of aliphatic carboxylic acids is 1. The minimum absolute atomic E-state index is 0.297. The Labute approximate surface area is 118 Å². The number of sulfonamides is 1. The summed E-state index contributed by atoms with van der Waals surface area (Å²) in [5.74, 6) is -1.24. The highest BCUT2D eigenvalue weighted by molar-refractivity contribution is 7.90. The number of rotatable bonds is 8. The molecule has 0 fully saturated rings. The van der Waals surface area contributed by atoms with E-state index in [1.165, 1.54) is 14.0 Å². The van der Waals surface area contributed by atoms with E-state index in [9.17, 15) is 18.3 Å². The molecule has 0 saturated heterocycles. The molecule has 0 amide bonds. The molecule has 20 heavy (non-hydrogen) atoms. The molecule has 112 valence electrons. The van der Waals surface area contributed by atoms with E-state index in [2.05, 4.69) is 4.72 Å². The maximum absolute atomic E-state index is 12.1. The molecular formula is C13H19NO5S. The monoisotopic (exact) mass is 301 g/mol. The number of carboxylic acid groups (broad SMARTS) is 1. The molecule has 1 aromatic carbocycles. The maximum atomic E-state index is 12.1. The Hall–Kier alpha value is -1.44. The summed E-state index contributed by atoms with van der Waals surface area (Å²) in [5.41, 5.74) is 0.391. The van der Waals surface area contributed by atoms with Gasteiger partial charge in [0.05, 0.1) is 5.25 Å². The topological polar surface area (TPSA) is 92.7 Å². The quantitative estimate of drug-likeness (QED) is 0.751. The number of nitrogens with one attached hydrogen (secondary N) is 1. The Balaban J connectivity index is 2.88. The largest absolute Gasteiger partial charge is 0.480 e. The Morgan fingerprint density at radius 3 is 2.45 bits per heavy atom. The molecule has 1 rings (SSSR count). The molecule has 0 radical (unpaired) electrons. The van der Waals surface area contributed by atoms with Crippen LogP contribution in [0.5, 0.6) is 0 Å². The number of carbonyl (C=O) groups is 1. The van der Waals surface area contributed by atoms with E-state index in [4.69, 9.17) is 4.74 Å². The highest BCUT2D eigenvalue weighted by Gasteiger charge is 2.29. The van der Waals surface area contributed by atoms with Crippen molar-refractivity contribution in [3.8, 4) is 0 Å². The molecule has 1 aromatic rings. The second kappa shape index (κ2) is 7.37. The Morgan fingerprint density at radius 2 is 1.95 bits per heavy atom. The smallest absolute Gasteiger partial charge is 0.326 e. The van der Waals surface area contributed by atoms with Crippen molar-refractivity contribution >= 4 is 16.0 Å². The first-order valence-corrected chi connectivity index (χ1v) is 7.71. The predicted molar refractivity (Wildman–Crippen MR) is 74.8 cm³/mol. The number of methoxy groups -OCH3 is 1. The molecule has 0 aromatic heterocycles. The zero-order valence-electron chi connectivity index (χ0n) is 11.4. The zero-order valence-corrected chi connectivity index (χ0v) is 12.3. The lowest BCUT2D eigenvalue weighted by Crippen LogP contribution is -2.39.